The average molecular weight is 390 g/mol. The summed E-state index contributed by atoms with van der Waals surface area (Å²) in [6.45, 7) is 4.49. The molecule has 0 atom stereocenters. The lowest BCUT2D eigenvalue weighted by Crippen LogP contribution is -2.46. The Bertz CT molecular complexity index is 836. The number of ether oxygens (including phenoxy) is 1. The maximum atomic E-state index is 12.5. The van der Waals surface area contributed by atoms with E-state index in [4.69, 9.17) is 16.3 Å². The fraction of sp³-hybridized carbons (Fsp3) is 0.333. The van der Waals surface area contributed by atoms with Crippen molar-refractivity contribution in [3.05, 3.63) is 40.5 Å². The fourth-order valence-electron chi connectivity index (χ4n) is 2.79. The van der Waals surface area contributed by atoms with Crippen LogP contribution in [0.25, 0.3) is 0 Å². The van der Waals surface area contributed by atoms with Crippen LogP contribution in [0.4, 0.5) is 11.5 Å². The number of piperazine rings is 1. The lowest BCUT2D eigenvalue weighted by atomic mass is 10.2. The molecule has 8 nitrogen and oxygen atoms in total. The van der Waals surface area contributed by atoms with Crippen molar-refractivity contribution in [1.29, 1.82) is 0 Å². The van der Waals surface area contributed by atoms with Gasteiger partial charge in [-0.05, 0) is 30.7 Å². The minimum absolute atomic E-state index is 0.194. The zero-order chi connectivity index (χ0) is 19.4. The van der Waals surface area contributed by atoms with Gasteiger partial charge in [0.2, 0.25) is 6.41 Å². The SMILES string of the molecule is COc1cc(Cl)c(C)cc1NC(=O)c1ccc(N2CCN(C=O)CC2)nn1. The molecule has 2 aromatic rings. The van der Waals surface area contributed by atoms with Crippen LogP contribution in [0.3, 0.4) is 0 Å². The standard InChI is InChI=1S/C18H20ClN5O3/c1-12-9-15(16(27-2)10-13(12)19)20-18(26)14-3-4-17(22-21-14)24-7-5-23(11-25)6-8-24/h3-4,9-11H,5-8H2,1-2H3,(H,20,26). The molecular weight excluding hydrogens is 370 g/mol. The maximum absolute atomic E-state index is 12.5. The van der Waals surface area contributed by atoms with Crippen LogP contribution in [0.15, 0.2) is 24.3 Å². The van der Waals surface area contributed by atoms with E-state index in [1.54, 1.807) is 29.2 Å². The Kier molecular flexibility index (Phi) is 5.75. The van der Waals surface area contributed by atoms with Crippen LogP contribution in [-0.4, -0.2) is 60.7 Å². The number of benzene rings is 1. The number of nitrogens with zero attached hydrogens (tertiary/aromatic N) is 4. The van der Waals surface area contributed by atoms with Crippen molar-refractivity contribution in [2.75, 3.05) is 43.5 Å². The minimum atomic E-state index is -0.389. The number of carbonyl (C=O) groups is 2. The number of amides is 2. The molecule has 27 heavy (non-hydrogen) atoms. The monoisotopic (exact) mass is 389 g/mol. The summed E-state index contributed by atoms with van der Waals surface area (Å²) < 4.78 is 5.26. The van der Waals surface area contributed by atoms with Crippen molar-refractivity contribution in [2.24, 2.45) is 0 Å². The van der Waals surface area contributed by atoms with Gasteiger partial charge >= 0.3 is 0 Å². The van der Waals surface area contributed by atoms with Crippen molar-refractivity contribution >= 4 is 35.4 Å². The summed E-state index contributed by atoms with van der Waals surface area (Å²) >= 11 is 6.09. The third-order valence-electron chi connectivity index (χ3n) is 4.40. The smallest absolute Gasteiger partial charge is 0.276 e. The molecule has 1 saturated heterocycles. The van der Waals surface area contributed by atoms with Gasteiger partial charge in [0.05, 0.1) is 12.8 Å². The molecule has 1 aromatic carbocycles. The molecule has 3 rings (SSSR count). The number of carbonyl (C=O) groups excluding carboxylic acids is 2. The number of methoxy groups -OCH3 is 1. The van der Waals surface area contributed by atoms with Gasteiger partial charge < -0.3 is 19.9 Å². The first kappa shape index (κ1) is 18.9. The highest BCUT2D eigenvalue weighted by molar-refractivity contribution is 6.31. The number of aromatic nitrogens is 2. The second kappa shape index (κ2) is 8.22. The van der Waals surface area contributed by atoms with E-state index in [-0.39, 0.29) is 11.6 Å². The normalized spacial score (nSPS) is 14.0. The first-order valence-electron chi connectivity index (χ1n) is 8.45. The van der Waals surface area contributed by atoms with Gasteiger partial charge in [0.15, 0.2) is 11.5 Å². The van der Waals surface area contributed by atoms with Crippen molar-refractivity contribution in [3.8, 4) is 5.75 Å². The third-order valence-corrected chi connectivity index (χ3v) is 4.81. The van der Waals surface area contributed by atoms with Crippen LogP contribution in [0, 0.1) is 6.92 Å². The van der Waals surface area contributed by atoms with Crippen molar-refractivity contribution in [2.45, 2.75) is 6.92 Å². The summed E-state index contributed by atoms with van der Waals surface area (Å²) in [5.74, 6) is 0.758. The van der Waals surface area contributed by atoms with Gasteiger partial charge in [-0.15, -0.1) is 10.2 Å². The summed E-state index contributed by atoms with van der Waals surface area (Å²) in [6, 6.07) is 6.77. The molecular formula is C18H20ClN5O3. The predicted molar refractivity (Wildman–Crippen MR) is 103 cm³/mol. The van der Waals surface area contributed by atoms with Crippen molar-refractivity contribution in [1.82, 2.24) is 15.1 Å². The first-order valence-corrected chi connectivity index (χ1v) is 8.83. The highest BCUT2D eigenvalue weighted by Crippen LogP contribution is 2.31. The molecule has 2 amide bonds. The third kappa shape index (κ3) is 4.28. The van der Waals surface area contributed by atoms with Crippen LogP contribution < -0.4 is 15.0 Å². The van der Waals surface area contributed by atoms with E-state index in [9.17, 15) is 9.59 Å². The summed E-state index contributed by atoms with van der Waals surface area (Å²) in [5.41, 5.74) is 1.53. The average Bonchev–Trinajstić information content (AvgIpc) is 2.70. The summed E-state index contributed by atoms with van der Waals surface area (Å²) in [7, 11) is 1.51. The number of halogens is 1. The van der Waals surface area contributed by atoms with Crippen LogP contribution >= 0.6 is 11.6 Å². The zero-order valence-electron chi connectivity index (χ0n) is 15.1. The van der Waals surface area contributed by atoms with E-state index >= 15 is 0 Å². The fourth-order valence-corrected chi connectivity index (χ4v) is 2.94. The Morgan fingerprint density at radius 1 is 1.22 bits per heavy atom. The number of nitrogens with one attached hydrogen (secondary N) is 1. The number of anilines is 2. The molecule has 9 heteroatoms. The number of rotatable bonds is 5. The maximum Gasteiger partial charge on any atom is 0.276 e. The molecule has 142 valence electrons. The van der Waals surface area contributed by atoms with Crippen molar-refractivity contribution < 1.29 is 14.3 Å². The molecule has 1 aromatic heterocycles. The molecule has 0 unspecified atom stereocenters. The van der Waals surface area contributed by atoms with Gasteiger partial charge in [0.25, 0.3) is 5.91 Å². The molecule has 1 aliphatic rings. The van der Waals surface area contributed by atoms with Crippen molar-refractivity contribution in [3.63, 3.8) is 0 Å². The molecule has 1 aliphatic heterocycles. The largest absolute Gasteiger partial charge is 0.495 e. The van der Waals surface area contributed by atoms with E-state index in [1.165, 1.54) is 7.11 Å². The lowest BCUT2D eigenvalue weighted by Gasteiger charge is -2.32. The van der Waals surface area contributed by atoms with Gasteiger partial charge in [-0.25, -0.2) is 0 Å². The molecule has 0 aliphatic carbocycles. The lowest BCUT2D eigenvalue weighted by molar-refractivity contribution is -0.118. The Morgan fingerprint density at radius 2 is 1.96 bits per heavy atom. The summed E-state index contributed by atoms with van der Waals surface area (Å²) in [5, 5.41) is 11.5. The van der Waals surface area contributed by atoms with Gasteiger partial charge in [0, 0.05) is 37.3 Å². The molecule has 0 radical (unpaired) electrons. The van der Waals surface area contributed by atoms with Crippen LogP contribution in [-0.2, 0) is 4.79 Å². The Morgan fingerprint density at radius 3 is 2.56 bits per heavy atom. The Balaban J connectivity index is 1.70. The number of aryl methyl sites for hydroxylation is 1. The summed E-state index contributed by atoms with van der Waals surface area (Å²) in [6.07, 6.45) is 0.850. The van der Waals surface area contributed by atoms with Crippen LogP contribution in [0.5, 0.6) is 5.75 Å². The molecule has 1 fully saturated rings. The van der Waals surface area contributed by atoms with E-state index in [0.717, 1.165) is 12.0 Å². The molecule has 0 spiro atoms. The quantitative estimate of drug-likeness (QED) is 0.787. The van der Waals surface area contributed by atoms with E-state index in [2.05, 4.69) is 15.5 Å². The molecule has 0 saturated carbocycles. The first-order chi connectivity index (χ1) is 13.0. The molecule has 0 bridgehead atoms. The van der Waals surface area contributed by atoms with Gasteiger partial charge in [-0.1, -0.05) is 11.6 Å². The zero-order valence-corrected chi connectivity index (χ0v) is 15.9. The predicted octanol–water partition coefficient (Wildman–Crippen LogP) is 1.98. The number of hydrogen-bond donors (Lipinski definition) is 1. The highest BCUT2D eigenvalue weighted by atomic mass is 35.5. The van der Waals surface area contributed by atoms with E-state index in [1.807, 2.05) is 11.8 Å². The van der Waals surface area contributed by atoms with Crippen LogP contribution in [0.2, 0.25) is 5.02 Å². The topological polar surface area (TPSA) is 87.7 Å². The van der Waals surface area contributed by atoms with Gasteiger partial charge in [-0.3, -0.25) is 9.59 Å². The second-order valence-electron chi connectivity index (χ2n) is 6.16. The Hall–Kier alpha value is -2.87. The van der Waals surface area contributed by atoms with Gasteiger partial charge in [-0.2, -0.15) is 0 Å². The highest BCUT2D eigenvalue weighted by Gasteiger charge is 2.18. The molecule has 2 heterocycles. The van der Waals surface area contributed by atoms with E-state index < -0.39 is 0 Å². The second-order valence-corrected chi connectivity index (χ2v) is 6.57. The Labute approximate surface area is 162 Å². The summed E-state index contributed by atoms with van der Waals surface area (Å²) in [4.78, 5) is 27.0. The van der Waals surface area contributed by atoms with Gasteiger partial charge in [0.1, 0.15) is 5.75 Å². The van der Waals surface area contributed by atoms with Crippen LogP contribution in [0.1, 0.15) is 16.1 Å². The molecule has 1 N–H and O–H groups in total. The number of hydrogen-bond acceptors (Lipinski definition) is 6. The minimum Gasteiger partial charge on any atom is -0.495 e. The van der Waals surface area contributed by atoms with E-state index in [0.29, 0.717) is 48.5 Å².